The lowest BCUT2D eigenvalue weighted by Gasteiger charge is -2.14. The normalized spacial score (nSPS) is 12.0. The van der Waals surface area contributed by atoms with Gasteiger partial charge in [-0.05, 0) is 43.7 Å². The number of hydrogen-bond donors (Lipinski definition) is 0. The SMILES string of the molecule is COc1cccc(CSc2nnc(C(C)Oc3ccc(C)cc3)n2C)c1. The van der Waals surface area contributed by atoms with E-state index in [-0.39, 0.29) is 6.10 Å². The molecule has 0 aliphatic rings. The van der Waals surface area contributed by atoms with Crippen LogP contribution in [0.2, 0.25) is 0 Å². The smallest absolute Gasteiger partial charge is 0.191 e. The van der Waals surface area contributed by atoms with E-state index in [2.05, 4.69) is 23.2 Å². The number of aromatic nitrogens is 3. The minimum atomic E-state index is -0.179. The molecule has 1 heterocycles. The summed E-state index contributed by atoms with van der Waals surface area (Å²) in [5, 5.41) is 9.50. The average molecular weight is 369 g/mol. The molecule has 0 spiro atoms. The van der Waals surface area contributed by atoms with Crippen LogP contribution in [0, 0.1) is 6.92 Å². The highest BCUT2D eigenvalue weighted by Gasteiger charge is 2.17. The molecule has 26 heavy (non-hydrogen) atoms. The van der Waals surface area contributed by atoms with Gasteiger partial charge in [-0.2, -0.15) is 0 Å². The van der Waals surface area contributed by atoms with Gasteiger partial charge >= 0.3 is 0 Å². The van der Waals surface area contributed by atoms with Crippen LogP contribution in [0.4, 0.5) is 0 Å². The molecule has 0 amide bonds. The highest BCUT2D eigenvalue weighted by molar-refractivity contribution is 7.98. The first kappa shape index (κ1) is 18.3. The van der Waals surface area contributed by atoms with E-state index in [4.69, 9.17) is 9.47 Å². The zero-order valence-electron chi connectivity index (χ0n) is 15.5. The number of rotatable bonds is 7. The van der Waals surface area contributed by atoms with Crippen molar-refractivity contribution in [3.63, 3.8) is 0 Å². The number of benzene rings is 2. The Hall–Kier alpha value is -2.47. The summed E-state index contributed by atoms with van der Waals surface area (Å²) in [5.41, 5.74) is 2.39. The van der Waals surface area contributed by atoms with E-state index in [0.717, 1.165) is 28.2 Å². The molecule has 1 aromatic heterocycles. The maximum Gasteiger partial charge on any atom is 0.191 e. The molecular weight excluding hydrogens is 346 g/mol. The van der Waals surface area contributed by atoms with Gasteiger partial charge in [0.2, 0.25) is 0 Å². The molecule has 2 aromatic carbocycles. The first-order chi connectivity index (χ1) is 12.6. The van der Waals surface area contributed by atoms with E-state index in [1.165, 1.54) is 11.1 Å². The van der Waals surface area contributed by atoms with Gasteiger partial charge in [-0.3, -0.25) is 0 Å². The lowest BCUT2D eigenvalue weighted by Crippen LogP contribution is -2.10. The van der Waals surface area contributed by atoms with Gasteiger partial charge in [0, 0.05) is 12.8 Å². The Morgan fingerprint density at radius 2 is 1.85 bits per heavy atom. The van der Waals surface area contributed by atoms with Crippen LogP contribution in [0.15, 0.2) is 53.7 Å². The second kappa shape index (κ2) is 8.27. The fourth-order valence-electron chi connectivity index (χ4n) is 2.59. The molecule has 0 bridgehead atoms. The van der Waals surface area contributed by atoms with Crippen molar-refractivity contribution in [2.75, 3.05) is 7.11 Å². The molecule has 0 radical (unpaired) electrons. The molecule has 0 N–H and O–H groups in total. The summed E-state index contributed by atoms with van der Waals surface area (Å²) in [6.07, 6.45) is -0.179. The molecule has 1 unspecified atom stereocenters. The predicted molar refractivity (Wildman–Crippen MR) is 104 cm³/mol. The zero-order chi connectivity index (χ0) is 18.5. The number of hydrogen-bond acceptors (Lipinski definition) is 5. The van der Waals surface area contributed by atoms with Gasteiger partial charge in [-0.15, -0.1) is 10.2 Å². The lowest BCUT2D eigenvalue weighted by molar-refractivity contribution is 0.211. The topological polar surface area (TPSA) is 49.2 Å². The van der Waals surface area contributed by atoms with Gasteiger partial charge in [-0.1, -0.05) is 41.6 Å². The summed E-state index contributed by atoms with van der Waals surface area (Å²) in [5.74, 6) is 3.30. The van der Waals surface area contributed by atoms with E-state index in [1.807, 2.05) is 61.0 Å². The number of ether oxygens (including phenoxy) is 2. The summed E-state index contributed by atoms with van der Waals surface area (Å²) >= 11 is 1.64. The van der Waals surface area contributed by atoms with Crippen molar-refractivity contribution in [3.8, 4) is 11.5 Å². The molecule has 1 atom stereocenters. The summed E-state index contributed by atoms with van der Waals surface area (Å²) in [4.78, 5) is 0. The van der Waals surface area contributed by atoms with E-state index < -0.39 is 0 Å². The molecule has 6 heteroatoms. The average Bonchev–Trinajstić information content (AvgIpc) is 3.03. The summed E-state index contributed by atoms with van der Waals surface area (Å²) in [6.45, 7) is 4.04. The minimum Gasteiger partial charge on any atom is -0.497 e. The van der Waals surface area contributed by atoms with Gasteiger partial charge in [-0.25, -0.2) is 0 Å². The second-order valence-electron chi connectivity index (χ2n) is 6.11. The zero-order valence-corrected chi connectivity index (χ0v) is 16.3. The van der Waals surface area contributed by atoms with Crippen LogP contribution in [-0.4, -0.2) is 21.9 Å². The Balaban J connectivity index is 1.65. The summed E-state index contributed by atoms with van der Waals surface area (Å²) in [6, 6.07) is 16.1. The number of nitrogens with zero attached hydrogens (tertiary/aromatic N) is 3. The first-order valence-electron chi connectivity index (χ1n) is 8.45. The molecule has 0 saturated carbocycles. The quantitative estimate of drug-likeness (QED) is 0.571. The van der Waals surface area contributed by atoms with Gasteiger partial charge < -0.3 is 14.0 Å². The third kappa shape index (κ3) is 4.38. The van der Waals surface area contributed by atoms with Crippen LogP contribution in [0.3, 0.4) is 0 Å². The van der Waals surface area contributed by atoms with Gasteiger partial charge in [0.1, 0.15) is 11.5 Å². The Kier molecular flexibility index (Phi) is 5.83. The van der Waals surface area contributed by atoms with Crippen LogP contribution in [-0.2, 0) is 12.8 Å². The number of aryl methyl sites for hydroxylation is 1. The van der Waals surface area contributed by atoms with Crippen molar-refractivity contribution < 1.29 is 9.47 Å². The molecule has 0 aliphatic heterocycles. The maximum atomic E-state index is 5.99. The van der Waals surface area contributed by atoms with Crippen molar-refractivity contribution in [1.82, 2.24) is 14.8 Å². The Bertz CT molecular complexity index is 862. The van der Waals surface area contributed by atoms with E-state index >= 15 is 0 Å². The van der Waals surface area contributed by atoms with Crippen LogP contribution < -0.4 is 9.47 Å². The Morgan fingerprint density at radius 1 is 1.08 bits per heavy atom. The fourth-order valence-corrected chi connectivity index (χ4v) is 3.45. The number of thioether (sulfide) groups is 1. The minimum absolute atomic E-state index is 0.179. The molecule has 0 saturated heterocycles. The van der Waals surface area contributed by atoms with Crippen molar-refractivity contribution in [3.05, 3.63) is 65.5 Å². The first-order valence-corrected chi connectivity index (χ1v) is 9.43. The third-order valence-corrected chi connectivity index (χ3v) is 5.16. The van der Waals surface area contributed by atoms with Crippen molar-refractivity contribution in [1.29, 1.82) is 0 Å². The highest BCUT2D eigenvalue weighted by atomic mass is 32.2. The fraction of sp³-hybridized carbons (Fsp3) is 0.300. The van der Waals surface area contributed by atoms with E-state index in [9.17, 15) is 0 Å². The highest BCUT2D eigenvalue weighted by Crippen LogP contribution is 2.26. The molecule has 136 valence electrons. The molecule has 3 rings (SSSR count). The standard InChI is InChI=1S/C20H23N3O2S/c1-14-8-10-17(11-9-14)25-15(2)19-21-22-20(23(19)3)26-13-16-6-5-7-18(12-16)24-4/h5-12,15H,13H2,1-4H3. The third-order valence-electron chi connectivity index (χ3n) is 4.07. The van der Waals surface area contributed by atoms with Crippen LogP contribution in [0.25, 0.3) is 0 Å². The van der Waals surface area contributed by atoms with Gasteiger partial charge in [0.15, 0.2) is 17.1 Å². The molecule has 0 aliphatic carbocycles. The van der Waals surface area contributed by atoms with Crippen molar-refractivity contribution in [2.24, 2.45) is 7.05 Å². The van der Waals surface area contributed by atoms with Crippen LogP contribution in [0.5, 0.6) is 11.5 Å². The predicted octanol–water partition coefficient (Wildman–Crippen LogP) is 4.56. The molecule has 3 aromatic rings. The van der Waals surface area contributed by atoms with E-state index in [1.54, 1.807) is 18.9 Å². The van der Waals surface area contributed by atoms with Crippen molar-refractivity contribution >= 4 is 11.8 Å². The van der Waals surface area contributed by atoms with Crippen LogP contribution in [0.1, 0.15) is 30.0 Å². The Morgan fingerprint density at radius 3 is 2.58 bits per heavy atom. The van der Waals surface area contributed by atoms with Gasteiger partial charge in [0.25, 0.3) is 0 Å². The summed E-state index contributed by atoms with van der Waals surface area (Å²) in [7, 11) is 3.65. The Labute approximate surface area is 158 Å². The van der Waals surface area contributed by atoms with Crippen molar-refractivity contribution in [2.45, 2.75) is 30.9 Å². The molecule has 5 nitrogen and oxygen atoms in total. The molecular formula is C20H23N3O2S. The lowest BCUT2D eigenvalue weighted by atomic mass is 10.2. The number of methoxy groups -OCH3 is 1. The van der Waals surface area contributed by atoms with Crippen LogP contribution >= 0.6 is 11.8 Å². The largest absolute Gasteiger partial charge is 0.497 e. The second-order valence-corrected chi connectivity index (χ2v) is 7.06. The molecule has 0 fully saturated rings. The van der Waals surface area contributed by atoms with Gasteiger partial charge in [0.05, 0.1) is 7.11 Å². The summed E-state index contributed by atoms with van der Waals surface area (Å²) < 4.78 is 13.3. The monoisotopic (exact) mass is 369 g/mol. The maximum absolute atomic E-state index is 5.99. The van der Waals surface area contributed by atoms with E-state index in [0.29, 0.717) is 0 Å².